The summed E-state index contributed by atoms with van der Waals surface area (Å²) in [6.07, 6.45) is 46.7. The Morgan fingerprint density at radius 3 is 2.31 bits per heavy atom. The number of aryl methyl sites for hydroxylation is 1. The van der Waals surface area contributed by atoms with Crippen molar-refractivity contribution in [1.82, 2.24) is 9.13 Å². The van der Waals surface area contributed by atoms with E-state index < -0.39 is 0 Å². The van der Waals surface area contributed by atoms with Crippen LogP contribution in [0.3, 0.4) is 0 Å². The van der Waals surface area contributed by atoms with Crippen LogP contribution >= 0.6 is 0 Å². The van der Waals surface area contributed by atoms with Gasteiger partial charge in [0.2, 0.25) is 0 Å². The van der Waals surface area contributed by atoms with Gasteiger partial charge in [-0.3, -0.25) is 0 Å². The number of fused-ring (bicyclic) bond motifs is 6. The van der Waals surface area contributed by atoms with E-state index in [2.05, 4.69) is 167 Å². The molecule has 0 saturated heterocycles. The van der Waals surface area contributed by atoms with Crippen LogP contribution in [0.1, 0.15) is 164 Å². The normalized spacial score (nSPS) is 24.6. The predicted molar refractivity (Wildman–Crippen MR) is 286 cm³/mol. The first-order valence-corrected chi connectivity index (χ1v) is 27.0. The quantitative estimate of drug-likeness (QED) is 0.135. The summed E-state index contributed by atoms with van der Waals surface area (Å²) in [5.74, 6) is 3.52. The molecule has 7 aliphatic rings. The maximum absolute atomic E-state index is 2.73. The van der Waals surface area contributed by atoms with Crippen LogP contribution in [-0.2, 0) is 25.7 Å². The second-order valence-electron chi connectivity index (χ2n) is 21.8. The van der Waals surface area contributed by atoms with E-state index in [0.717, 1.165) is 38.0 Å². The van der Waals surface area contributed by atoms with E-state index in [4.69, 9.17) is 0 Å². The molecule has 13 rings (SSSR count). The molecule has 5 atom stereocenters. The molecule has 342 valence electrons. The van der Waals surface area contributed by atoms with Gasteiger partial charge in [-0.25, -0.2) is 0 Å². The molecule has 0 spiro atoms. The molecule has 1 saturated carbocycles. The molecule has 0 N–H and O–H groups in total. The zero-order valence-corrected chi connectivity index (χ0v) is 40.1. The monoisotopic (exact) mass is 889 g/mol. The van der Waals surface area contributed by atoms with Crippen molar-refractivity contribution in [2.24, 2.45) is 17.8 Å². The lowest BCUT2D eigenvalue weighted by molar-refractivity contribution is 0.260. The van der Waals surface area contributed by atoms with E-state index in [1.165, 1.54) is 151 Å². The number of nitrogens with zero attached hydrogens (tertiary/aromatic N) is 2. The van der Waals surface area contributed by atoms with E-state index in [1.807, 2.05) is 0 Å². The van der Waals surface area contributed by atoms with Crippen molar-refractivity contribution in [2.75, 3.05) is 0 Å². The van der Waals surface area contributed by atoms with Gasteiger partial charge in [0.25, 0.3) is 0 Å². The van der Waals surface area contributed by atoms with Crippen LogP contribution in [0.2, 0.25) is 0 Å². The maximum Gasteiger partial charge on any atom is 0.0540 e. The van der Waals surface area contributed by atoms with Gasteiger partial charge in [-0.1, -0.05) is 146 Å². The second kappa shape index (κ2) is 18.2. The van der Waals surface area contributed by atoms with Gasteiger partial charge in [-0.15, -0.1) is 0 Å². The Kier molecular flexibility index (Phi) is 11.3. The highest BCUT2D eigenvalue weighted by Gasteiger charge is 2.33. The van der Waals surface area contributed by atoms with Gasteiger partial charge in [0.05, 0.1) is 5.52 Å². The Balaban J connectivity index is 0.815. The summed E-state index contributed by atoms with van der Waals surface area (Å²) in [6.45, 7) is 0. The Bertz CT molecular complexity index is 3040. The summed E-state index contributed by atoms with van der Waals surface area (Å²) in [5, 5.41) is 1.42. The summed E-state index contributed by atoms with van der Waals surface area (Å²) in [6, 6.07) is 38.5. The van der Waals surface area contributed by atoms with Gasteiger partial charge < -0.3 is 9.13 Å². The maximum atomic E-state index is 2.73. The largest absolute Gasteiger partial charge is 0.317 e. The number of benzene rings is 4. The number of allylic oxidation sites excluding steroid dienone is 10. The average molecular weight is 889 g/mol. The van der Waals surface area contributed by atoms with Crippen LogP contribution in [-0.4, -0.2) is 9.13 Å². The summed E-state index contributed by atoms with van der Waals surface area (Å²) in [7, 11) is 0. The first-order valence-electron chi connectivity index (χ1n) is 27.0. The Morgan fingerprint density at radius 1 is 0.544 bits per heavy atom. The van der Waals surface area contributed by atoms with Crippen molar-refractivity contribution in [3.8, 4) is 11.4 Å². The third kappa shape index (κ3) is 7.81. The molecule has 7 aliphatic carbocycles. The molecular weight excluding hydrogens is 821 g/mol. The third-order valence-corrected chi connectivity index (χ3v) is 17.8. The van der Waals surface area contributed by atoms with Crippen molar-refractivity contribution in [3.05, 3.63) is 207 Å². The van der Waals surface area contributed by atoms with Crippen LogP contribution in [0.25, 0.3) is 40.0 Å². The Labute approximate surface area is 405 Å². The minimum Gasteiger partial charge on any atom is -0.317 e. The molecule has 5 unspecified atom stereocenters. The van der Waals surface area contributed by atoms with Crippen LogP contribution in [0, 0.1) is 17.8 Å². The molecule has 0 bridgehead atoms. The lowest BCUT2D eigenvalue weighted by Gasteiger charge is -2.36. The molecule has 68 heavy (non-hydrogen) atoms. The first-order chi connectivity index (χ1) is 33.7. The Morgan fingerprint density at radius 2 is 1.43 bits per heavy atom. The van der Waals surface area contributed by atoms with Crippen molar-refractivity contribution in [2.45, 2.75) is 133 Å². The van der Waals surface area contributed by atoms with Gasteiger partial charge in [-0.05, 0) is 201 Å². The zero-order valence-electron chi connectivity index (χ0n) is 40.1. The van der Waals surface area contributed by atoms with Crippen LogP contribution < -0.4 is 0 Å². The molecular formula is C66H68N2. The molecule has 4 aromatic carbocycles. The average Bonchev–Trinajstić information content (AvgIpc) is 3.94. The molecule has 0 aliphatic heterocycles. The minimum absolute atomic E-state index is 0.321. The fourth-order valence-electron chi connectivity index (χ4n) is 14.4. The third-order valence-electron chi connectivity index (χ3n) is 17.8. The lowest BCUT2D eigenvalue weighted by atomic mass is 9.69. The molecule has 2 heteroatoms. The highest BCUT2D eigenvalue weighted by Crippen LogP contribution is 2.47. The van der Waals surface area contributed by atoms with Crippen molar-refractivity contribution in [1.29, 1.82) is 0 Å². The van der Waals surface area contributed by atoms with E-state index >= 15 is 0 Å². The zero-order chi connectivity index (χ0) is 45.0. The minimum atomic E-state index is 0.321. The predicted octanol–water partition coefficient (Wildman–Crippen LogP) is 17.1. The molecule has 2 nitrogen and oxygen atoms in total. The van der Waals surface area contributed by atoms with E-state index in [-0.39, 0.29) is 0 Å². The van der Waals surface area contributed by atoms with Crippen molar-refractivity contribution in [3.63, 3.8) is 0 Å². The molecule has 0 radical (unpaired) electrons. The van der Waals surface area contributed by atoms with Crippen LogP contribution in [0.5, 0.6) is 0 Å². The Hall–Kier alpha value is -5.86. The van der Waals surface area contributed by atoms with E-state index in [1.54, 1.807) is 22.4 Å². The van der Waals surface area contributed by atoms with Gasteiger partial charge in [-0.2, -0.15) is 0 Å². The van der Waals surface area contributed by atoms with E-state index in [9.17, 15) is 0 Å². The van der Waals surface area contributed by atoms with Crippen molar-refractivity contribution < 1.29 is 0 Å². The van der Waals surface area contributed by atoms with Gasteiger partial charge in [0.15, 0.2) is 0 Å². The SMILES string of the molecule is C1=CCC(C2=CCCC(c3cccc(-n4c5c(c6ccc(C7C=Cc8c9c(n(-c%10ccc(C%11CC(c%12ccccc%12)=CC(C%12CCCCC%12)C%11)cc%10)c8C7)CCCC9)cc64)CCC=C5)c3)C2)C=C1. The molecule has 2 aromatic heterocycles. The van der Waals surface area contributed by atoms with Gasteiger partial charge >= 0.3 is 0 Å². The fourth-order valence-corrected chi connectivity index (χ4v) is 14.4. The molecule has 0 amide bonds. The number of aromatic nitrogens is 2. The smallest absolute Gasteiger partial charge is 0.0540 e. The number of rotatable bonds is 8. The fraction of sp³-hybridized carbons (Fsp3) is 0.364. The topological polar surface area (TPSA) is 9.86 Å². The number of hydrogen-bond donors (Lipinski definition) is 0. The van der Waals surface area contributed by atoms with Crippen molar-refractivity contribution >= 4 is 28.6 Å². The van der Waals surface area contributed by atoms with Crippen LogP contribution in [0.15, 0.2) is 151 Å². The van der Waals surface area contributed by atoms with E-state index in [0.29, 0.717) is 29.6 Å². The highest BCUT2D eigenvalue weighted by molar-refractivity contribution is 5.91. The molecule has 6 aromatic rings. The lowest BCUT2D eigenvalue weighted by Crippen LogP contribution is -2.22. The van der Waals surface area contributed by atoms with Gasteiger partial charge in [0.1, 0.15) is 0 Å². The van der Waals surface area contributed by atoms with Gasteiger partial charge in [0, 0.05) is 45.7 Å². The van der Waals surface area contributed by atoms with Crippen LogP contribution in [0.4, 0.5) is 0 Å². The molecule has 2 heterocycles. The number of hydrogen-bond acceptors (Lipinski definition) is 0. The standard InChI is InChI=1S/C66H68N2/c1-4-16-45(17-5-1)49-22-14-23-50(38-49)51-24-15-25-58(42-51)68-64-29-13-11-27-60(64)62-37-33-53(44-66(62)68)52-32-36-61-59-26-10-12-28-63(59)67(65(61)43-52)57-34-30-48(31-35-57)56-40-54(46-18-6-2-7-19-46)39-55(41-56)47-20-8-3-9-21-47/h1-2,4-7,13,15-16,18-19,22,24-25,29-37,39,42,44-45,47,50,52,55-56H,3,8-12,14,17,20-21,23,26-28,38,40-41,43H2. The first kappa shape index (κ1) is 42.3. The highest BCUT2D eigenvalue weighted by atomic mass is 15.0. The second-order valence-corrected chi connectivity index (χ2v) is 21.8. The summed E-state index contributed by atoms with van der Waals surface area (Å²) < 4.78 is 5.35. The summed E-state index contributed by atoms with van der Waals surface area (Å²) >= 11 is 0. The molecule has 1 fully saturated rings. The summed E-state index contributed by atoms with van der Waals surface area (Å²) in [4.78, 5) is 0. The summed E-state index contributed by atoms with van der Waals surface area (Å²) in [5.41, 5.74) is 22.2.